The molecule has 0 radical (unpaired) electrons. The molecule has 1 unspecified atom stereocenters. The maximum atomic E-state index is 12.3. The predicted molar refractivity (Wildman–Crippen MR) is 88.4 cm³/mol. The van der Waals surface area contributed by atoms with Crippen molar-refractivity contribution < 1.29 is 19.4 Å². The van der Waals surface area contributed by atoms with Crippen molar-refractivity contribution in [2.24, 2.45) is 5.92 Å². The third-order valence-electron chi connectivity index (χ3n) is 4.63. The maximum Gasteiger partial charge on any atom is 0.410 e. The van der Waals surface area contributed by atoms with Crippen LogP contribution in [0.2, 0.25) is 0 Å². The molecule has 134 valence electrons. The van der Waals surface area contributed by atoms with Crippen LogP contribution in [0.1, 0.15) is 46.5 Å². The third kappa shape index (κ3) is 5.62. The molecule has 0 aromatic rings. The summed E-state index contributed by atoms with van der Waals surface area (Å²) < 4.78 is 10.8. The molecule has 1 saturated heterocycles. The number of aliphatic hydroxyl groups excluding tert-OH is 1. The number of hydrogen-bond donors (Lipinski definition) is 2. The van der Waals surface area contributed by atoms with Crippen LogP contribution in [0.15, 0.2) is 0 Å². The molecule has 2 N–H and O–H groups in total. The van der Waals surface area contributed by atoms with E-state index in [1.54, 1.807) is 0 Å². The second kappa shape index (κ2) is 8.31. The fourth-order valence-electron chi connectivity index (χ4n) is 3.67. The van der Waals surface area contributed by atoms with E-state index in [1.165, 1.54) is 0 Å². The first-order valence-corrected chi connectivity index (χ1v) is 8.82. The van der Waals surface area contributed by atoms with Gasteiger partial charge in [0, 0.05) is 25.2 Å². The standard InChI is InChI=1S/C17H32N2O4/c1-17(2,3)23-16(21)19-8-6-13-12-14(4-5-15(13)19)18-7-10-22-11-9-20/h13-15,18,20H,4-12H2,1-3H3/t13-,14?,15+/m1/s1. The van der Waals surface area contributed by atoms with Crippen LogP contribution < -0.4 is 5.32 Å². The average molecular weight is 328 g/mol. The lowest BCUT2D eigenvalue weighted by molar-refractivity contribution is 0.0171. The minimum Gasteiger partial charge on any atom is -0.444 e. The van der Waals surface area contributed by atoms with Gasteiger partial charge in [0.05, 0.1) is 19.8 Å². The van der Waals surface area contributed by atoms with Crippen LogP contribution in [0.25, 0.3) is 0 Å². The molecular weight excluding hydrogens is 296 g/mol. The Morgan fingerprint density at radius 1 is 1.26 bits per heavy atom. The summed E-state index contributed by atoms with van der Waals surface area (Å²) in [4.78, 5) is 14.3. The molecule has 0 aromatic carbocycles. The molecule has 2 rings (SSSR count). The molecule has 23 heavy (non-hydrogen) atoms. The van der Waals surface area contributed by atoms with Gasteiger partial charge in [-0.3, -0.25) is 0 Å². The number of nitrogens with one attached hydrogen (secondary N) is 1. The van der Waals surface area contributed by atoms with Crippen LogP contribution in [0.3, 0.4) is 0 Å². The molecule has 0 spiro atoms. The van der Waals surface area contributed by atoms with Gasteiger partial charge in [-0.15, -0.1) is 0 Å². The van der Waals surface area contributed by atoms with Crippen molar-refractivity contribution in [2.75, 3.05) is 32.9 Å². The molecular formula is C17H32N2O4. The Balaban J connectivity index is 1.74. The first-order chi connectivity index (χ1) is 10.9. The molecule has 6 heteroatoms. The van der Waals surface area contributed by atoms with Crippen molar-refractivity contribution >= 4 is 6.09 Å². The molecule has 1 aliphatic heterocycles. The van der Waals surface area contributed by atoms with Crippen LogP contribution in [0.4, 0.5) is 4.79 Å². The SMILES string of the molecule is CC(C)(C)OC(=O)N1CC[C@@H]2CC(NCCOCCO)CC[C@@H]21. The molecule has 6 nitrogen and oxygen atoms in total. The monoisotopic (exact) mass is 328 g/mol. The van der Waals surface area contributed by atoms with E-state index in [0.29, 0.717) is 31.2 Å². The van der Waals surface area contributed by atoms with Gasteiger partial charge in [-0.2, -0.15) is 0 Å². The number of fused-ring (bicyclic) bond motifs is 1. The normalized spacial score (nSPS) is 27.8. The number of carbonyl (C=O) groups is 1. The Labute approximate surface area is 139 Å². The van der Waals surface area contributed by atoms with Crippen LogP contribution in [-0.2, 0) is 9.47 Å². The largest absolute Gasteiger partial charge is 0.444 e. The van der Waals surface area contributed by atoms with Crippen molar-refractivity contribution in [3.63, 3.8) is 0 Å². The summed E-state index contributed by atoms with van der Waals surface area (Å²) in [6.45, 7) is 8.49. The zero-order chi connectivity index (χ0) is 16.9. The van der Waals surface area contributed by atoms with E-state index in [-0.39, 0.29) is 12.7 Å². The Hall–Kier alpha value is -0.850. The zero-order valence-corrected chi connectivity index (χ0v) is 14.7. The van der Waals surface area contributed by atoms with Gasteiger partial charge in [-0.1, -0.05) is 0 Å². The van der Waals surface area contributed by atoms with Gasteiger partial charge in [0.15, 0.2) is 0 Å². The summed E-state index contributed by atoms with van der Waals surface area (Å²) in [5.74, 6) is 0.576. The third-order valence-corrected chi connectivity index (χ3v) is 4.63. The van der Waals surface area contributed by atoms with Gasteiger partial charge < -0.3 is 24.8 Å². The van der Waals surface area contributed by atoms with E-state index < -0.39 is 5.60 Å². The lowest BCUT2D eigenvalue weighted by atomic mass is 9.82. The van der Waals surface area contributed by atoms with Gasteiger partial charge in [0.2, 0.25) is 0 Å². The fourth-order valence-corrected chi connectivity index (χ4v) is 3.67. The smallest absolute Gasteiger partial charge is 0.410 e. The molecule has 0 bridgehead atoms. The van der Waals surface area contributed by atoms with Crippen LogP contribution in [0.5, 0.6) is 0 Å². The average Bonchev–Trinajstić information content (AvgIpc) is 2.88. The Morgan fingerprint density at radius 3 is 2.74 bits per heavy atom. The quantitative estimate of drug-likeness (QED) is 0.727. The molecule has 2 aliphatic rings. The fraction of sp³-hybridized carbons (Fsp3) is 0.941. The number of hydrogen-bond acceptors (Lipinski definition) is 5. The number of carbonyl (C=O) groups excluding carboxylic acids is 1. The number of nitrogens with zero attached hydrogens (tertiary/aromatic N) is 1. The lowest BCUT2D eigenvalue weighted by Gasteiger charge is -2.36. The van der Waals surface area contributed by atoms with E-state index in [0.717, 1.165) is 38.8 Å². The van der Waals surface area contributed by atoms with Crippen LogP contribution in [-0.4, -0.2) is 66.7 Å². The van der Waals surface area contributed by atoms with Gasteiger partial charge >= 0.3 is 6.09 Å². The van der Waals surface area contributed by atoms with Crippen LogP contribution >= 0.6 is 0 Å². The minimum absolute atomic E-state index is 0.0771. The number of amides is 1. The number of aliphatic hydroxyl groups is 1. The lowest BCUT2D eigenvalue weighted by Crippen LogP contribution is -2.46. The molecule has 1 amide bonds. The minimum atomic E-state index is -0.428. The highest BCUT2D eigenvalue weighted by Gasteiger charge is 2.42. The highest BCUT2D eigenvalue weighted by molar-refractivity contribution is 5.69. The molecule has 1 heterocycles. The summed E-state index contributed by atoms with van der Waals surface area (Å²) in [6.07, 6.45) is 4.15. The van der Waals surface area contributed by atoms with Gasteiger partial charge in [-0.25, -0.2) is 4.79 Å². The van der Waals surface area contributed by atoms with E-state index in [1.807, 2.05) is 25.7 Å². The summed E-state index contributed by atoms with van der Waals surface area (Å²) in [5, 5.41) is 12.2. The highest BCUT2D eigenvalue weighted by Crippen LogP contribution is 2.37. The van der Waals surface area contributed by atoms with Gasteiger partial charge in [0.25, 0.3) is 0 Å². The number of rotatable bonds is 6. The highest BCUT2D eigenvalue weighted by atomic mass is 16.6. The second-order valence-corrected chi connectivity index (χ2v) is 7.59. The van der Waals surface area contributed by atoms with Crippen molar-refractivity contribution in [1.82, 2.24) is 10.2 Å². The predicted octanol–water partition coefficient (Wildman–Crippen LogP) is 1.76. The Kier molecular flexibility index (Phi) is 6.68. The Bertz CT molecular complexity index is 383. The van der Waals surface area contributed by atoms with Crippen molar-refractivity contribution in [3.05, 3.63) is 0 Å². The maximum absolute atomic E-state index is 12.3. The van der Waals surface area contributed by atoms with Gasteiger partial charge in [-0.05, 0) is 52.4 Å². The molecule has 1 saturated carbocycles. The first kappa shape index (κ1) is 18.5. The van der Waals surface area contributed by atoms with Crippen molar-refractivity contribution in [3.8, 4) is 0 Å². The van der Waals surface area contributed by atoms with Gasteiger partial charge in [0.1, 0.15) is 5.60 Å². The van der Waals surface area contributed by atoms with E-state index in [2.05, 4.69) is 5.32 Å². The van der Waals surface area contributed by atoms with Crippen molar-refractivity contribution in [1.29, 1.82) is 0 Å². The summed E-state index contributed by atoms with van der Waals surface area (Å²) >= 11 is 0. The summed E-state index contributed by atoms with van der Waals surface area (Å²) in [5.41, 5.74) is -0.428. The molecule has 0 aromatic heterocycles. The van der Waals surface area contributed by atoms with E-state index in [4.69, 9.17) is 14.6 Å². The Morgan fingerprint density at radius 2 is 2.04 bits per heavy atom. The van der Waals surface area contributed by atoms with E-state index >= 15 is 0 Å². The van der Waals surface area contributed by atoms with Crippen LogP contribution in [0, 0.1) is 5.92 Å². The van der Waals surface area contributed by atoms with E-state index in [9.17, 15) is 4.79 Å². The second-order valence-electron chi connectivity index (χ2n) is 7.59. The summed E-state index contributed by atoms with van der Waals surface area (Å²) in [6, 6.07) is 0.848. The molecule has 1 aliphatic carbocycles. The topological polar surface area (TPSA) is 71.0 Å². The molecule has 3 atom stereocenters. The number of likely N-dealkylation sites (tertiary alicyclic amines) is 1. The number of ether oxygens (including phenoxy) is 2. The zero-order valence-electron chi connectivity index (χ0n) is 14.7. The molecule has 2 fully saturated rings. The van der Waals surface area contributed by atoms with Crippen molar-refractivity contribution in [2.45, 2.75) is 64.1 Å². The first-order valence-electron chi connectivity index (χ1n) is 8.82. The summed E-state index contributed by atoms with van der Waals surface area (Å²) in [7, 11) is 0.